The van der Waals surface area contributed by atoms with E-state index in [2.05, 4.69) is 30.9 Å². The van der Waals surface area contributed by atoms with Gasteiger partial charge < -0.3 is 16.0 Å². The van der Waals surface area contributed by atoms with E-state index in [-0.39, 0.29) is 36.3 Å². The van der Waals surface area contributed by atoms with Gasteiger partial charge in [-0.2, -0.15) is 23.4 Å². The molecule has 162 valence electrons. The van der Waals surface area contributed by atoms with Crippen LogP contribution >= 0.6 is 0 Å². The molecule has 0 bridgehead atoms. The molecule has 0 aliphatic rings. The summed E-state index contributed by atoms with van der Waals surface area (Å²) in [6.45, 7) is 0.883. The first-order valence-electron chi connectivity index (χ1n) is 8.78. The molecular weight excluding hydrogens is 423 g/mol. The van der Waals surface area contributed by atoms with Gasteiger partial charge in [-0.3, -0.25) is 0 Å². The summed E-state index contributed by atoms with van der Waals surface area (Å²) in [5.41, 5.74) is -0.396. The molecule has 2 rings (SSSR count). The van der Waals surface area contributed by atoms with Crippen molar-refractivity contribution in [3.63, 3.8) is 0 Å². The van der Waals surface area contributed by atoms with Gasteiger partial charge in [0, 0.05) is 25.5 Å². The molecule has 0 radical (unpaired) electrons. The maximum atomic E-state index is 13.2. The summed E-state index contributed by atoms with van der Waals surface area (Å²) in [6, 6.07) is 4.84. The number of pyridine rings is 1. The Morgan fingerprint density at radius 1 is 1.13 bits per heavy atom. The monoisotopic (exact) mass is 443 g/mol. The maximum absolute atomic E-state index is 13.2. The van der Waals surface area contributed by atoms with Gasteiger partial charge in [0.2, 0.25) is 5.95 Å². The zero-order valence-corrected chi connectivity index (χ0v) is 16.8. The number of hydrogen-bond donors (Lipinski definition) is 3. The Kier molecular flexibility index (Phi) is 7.90. The molecule has 2 aromatic rings. The largest absolute Gasteiger partial charge is 0.421 e. The standard InChI is InChI=1S/C17H20F3N7O2S/c1-30(28,29)8-7-22-5-2-6-23-15-14(17(18,19)20)11-25-16(27-15)26-13-4-3-12(9-21)24-10-13/h3-4,10-11,22H,2,5-8H2,1H3,(H2,23,25,26,27). The van der Waals surface area contributed by atoms with Crippen molar-refractivity contribution >= 4 is 27.3 Å². The van der Waals surface area contributed by atoms with Gasteiger partial charge in [0.25, 0.3) is 0 Å². The fraction of sp³-hybridized carbons (Fsp3) is 0.412. The average Bonchev–Trinajstić information content (AvgIpc) is 2.66. The molecule has 0 unspecified atom stereocenters. The van der Waals surface area contributed by atoms with Crippen LogP contribution in [0.15, 0.2) is 24.5 Å². The molecule has 2 aromatic heterocycles. The third-order valence-electron chi connectivity index (χ3n) is 3.70. The topological polar surface area (TPSA) is 133 Å². The molecule has 0 atom stereocenters. The summed E-state index contributed by atoms with van der Waals surface area (Å²) in [4.78, 5) is 11.4. The highest BCUT2D eigenvalue weighted by molar-refractivity contribution is 7.90. The number of sulfone groups is 1. The molecule has 0 saturated heterocycles. The third kappa shape index (κ3) is 7.80. The van der Waals surface area contributed by atoms with Crippen LogP contribution in [0.1, 0.15) is 17.7 Å². The van der Waals surface area contributed by atoms with Crippen LogP contribution in [0, 0.1) is 11.3 Å². The molecule has 0 aliphatic heterocycles. The van der Waals surface area contributed by atoms with Crippen LogP contribution in [0.4, 0.5) is 30.6 Å². The van der Waals surface area contributed by atoms with Gasteiger partial charge in [-0.1, -0.05) is 0 Å². The highest BCUT2D eigenvalue weighted by atomic mass is 32.2. The molecule has 0 amide bonds. The molecule has 0 aromatic carbocycles. The summed E-state index contributed by atoms with van der Waals surface area (Å²) >= 11 is 0. The molecule has 9 nitrogen and oxygen atoms in total. The van der Waals surface area contributed by atoms with Gasteiger partial charge in [0.1, 0.15) is 33.0 Å². The smallest absolute Gasteiger partial charge is 0.369 e. The van der Waals surface area contributed by atoms with Crippen LogP contribution in [0.25, 0.3) is 0 Å². The third-order valence-corrected chi connectivity index (χ3v) is 4.65. The predicted octanol–water partition coefficient (Wildman–Crippen LogP) is 1.94. The van der Waals surface area contributed by atoms with Crippen molar-refractivity contribution < 1.29 is 21.6 Å². The SMILES string of the molecule is CS(=O)(=O)CCNCCCNc1nc(Nc2ccc(C#N)nc2)ncc1C(F)(F)F. The number of rotatable bonds is 10. The molecular formula is C17H20F3N7O2S. The van der Waals surface area contributed by atoms with E-state index in [0.717, 1.165) is 6.26 Å². The summed E-state index contributed by atoms with van der Waals surface area (Å²) in [5.74, 6) is -0.454. The van der Waals surface area contributed by atoms with E-state index < -0.39 is 21.6 Å². The summed E-state index contributed by atoms with van der Waals surface area (Å²) in [6.07, 6.45) is -1.03. The number of alkyl halides is 3. The van der Waals surface area contributed by atoms with Crippen LogP contribution in [0.3, 0.4) is 0 Å². The van der Waals surface area contributed by atoms with Crippen molar-refractivity contribution in [3.8, 4) is 6.07 Å². The lowest BCUT2D eigenvalue weighted by Crippen LogP contribution is -2.25. The summed E-state index contributed by atoms with van der Waals surface area (Å²) < 4.78 is 61.8. The summed E-state index contributed by atoms with van der Waals surface area (Å²) in [5, 5.41) is 17.0. The van der Waals surface area contributed by atoms with E-state index in [4.69, 9.17) is 5.26 Å². The molecule has 0 spiro atoms. The number of nitriles is 1. The van der Waals surface area contributed by atoms with E-state index in [0.29, 0.717) is 24.8 Å². The molecule has 13 heteroatoms. The van der Waals surface area contributed by atoms with Gasteiger partial charge >= 0.3 is 6.18 Å². The Bertz CT molecular complexity index is 990. The Labute approximate surface area is 171 Å². The van der Waals surface area contributed by atoms with Crippen LogP contribution in [-0.4, -0.2) is 55.0 Å². The van der Waals surface area contributed by atoms with E-state index in [9.17, 15) is 21.6 Å². The molecule has 0 saturated carbocycles. The van der Waals surface area contributed by atoms with Crippen LogP contribution in [0.5, 0.6) is 0 Å². The fourth-order valence-corrected chi connectivity index (χ4v) is 2.77. The van der Waals surface area contributed by atoms with Crippen molar-refractivity contribution in [2.75, 3.05) is 42.3 Å². The normalized spacial score (nSPS) is 11.7. The lowest BCUT2D eigenvalue weighted by molar-refractivity contribution is -0.137. The minimum absolute atomic E-state index is 0.0101. The number of aromatic nitrogens is 3. The van der Waals surface area contributed by atoms with Crippen molar-refractivity contribution in [2.24, 2.45) is 0 Å². The van der Waals surface area contributed by atoms with Gasteiger partial charge in [-0.25, -0.2) is 18.4 Å². The van der Waals surface area contributed by atoms with Gasteiger partial charge in [-0.05, 0) is 25.1 Å². The van der Waals surface area contributed by atoms with Crippen LogP contribution in [0.2, 0.25) is 0 Å². The zero-order chi connectivity index (χ0) is 22.2. The summed E-state index contributed by atoms with van der Waals surface area (Å²) in [7, 11) is -3.06. The second kappa shape index (κ2) is 10.2. The number of hydrogen-bond acceptors (Lipinski definition) is 9. The van der Waals surface area contributed by atoms with Crippen LogP contribution in [-0.2, 0) is 16.0 Å². The first-order chi connectivity index (χ1) is 14.1. The van der Waals surface area contributed by atoms with Crippen molar-refractivity contribution in [3.05, 3.63) is 35.8 Å². The Balaban J connectivity index is 1.99. The van der Waals surface area contributed by atoms with Crippen molar-refractivity contribution in [1.82, 2.24) is 20.3 Å². The van der Waals surface area contributed by atoms with Crippen molar-refractivity contribution in [2.45, 2.75) is 12.6 Å². The highest BCUT2D eigenvalue weighted by Crippen LogP contribution is 2.34. The first-order valence-corrected chi connectivity index (χ1v) is 10.8. The minimum atomic E-state index is -4.63. The fourth-order valence-electron chi connectivity index (χ4n) is 2.25. The predicted molar refractivity (Wildman–Crippen MR) is 105 cm³/mol. The Morgan fingerprint density at radius 2 is 1.90 bits per heavy atom. The molecule has 3 N–H and O–H groups in total. The number of anilines is 3. The van der Waals surface area contributed by atoms with E-state index in [1.54, 1.807) is 0 Å². The van der Waals surface area contributed by atoms with E-state index in [1.165, 1.54) is 18.3 Å². The second-order valence-corrected chi connectivity index (χ2v) is 8.54. The van der Waals surface area contributed by atoms with Gasteiger partial charge in [0.15, 0.2) is 0 Å². The van der Waals surface area contributed by atoms with E-state index in [1.807, 2.05) is 6.07 Å². The zero-order valence-electron chi connectivity index (χ0n) is 16.0. The van der Waals surface area contributed by atoms with Crippen molar-refractivity contribution in [1.29, 1.82) is 5.26 Å². The molecule has 2 heterocycles. The Hall–Kier alpha value is -2.98. The highest BCUT2D eigenvalue weighted by Gasteiger charge is 2.35. The van der Waals surface area contributed by atoms with Gasteiger partial charge in [0.05, 0.1) is 17.6 Å². The second-order valence-electron chi connectivity index (χ2n) is 6.28. The number of halogens is 3. The number of nitrogens with zero attached hydrogens (tertiary/aromatic N) is 4. The first kappa shape index (κ1) is 23.3. The lowest BCUT2D eigenvalue weighted by Gasteiger charge is -2.15. The quantitative estimate of drug-likeness (QED) is 0.471. The maximum Gasteiger partial charge on any atom is 0.421 e. The van der Waals surface area contributed by atoms with Gasteiger partial charge in [-0.15, -0.1) is 0 Å². The lowest BCUT2D eigenvalue weighted by atomic mass is 10.3. The number of nitrogens with one attached hydrogen (secondary N) is 3. The van der Waals surface area contributed by atoms with Crippen LogP contribution < -0.4 is 16.0 Å². The van der Waals surface area contributed by atoms with E-state index >= 15 is 0 Å². The molecule has 0 fully saturated rings. The average molecular weight is 443 g/mol. The molecule has 0 aliphatic carbocycles. The minimum Gasteiger partial charge on any atom is -0.369 e. The molecule has 30 heavy (non-hydrogen) atoms. The Morgan fingerprint density at radius 3 is 2.50 bits per heavy atom.